The van der Waals surface area contributed by atoms with Crippen LogP contribution in [0.5, 0.6) is 5.75 Å². The van der Waals surface area contributed by atoms with E-state index in [4.69, 9.17) is 4.74 Å². The highest BCUT2D eigenvalue weighted by atomic mass is 19.2. The van der Waals surface area contributed by atoms with E-state index in [1.54, 1.807) is 6.92 Å². The molecule has 0 spiro atoms. The van der Waals surface area contributed by atoms with Crippen LogP contribution >= 0.6 is 0 Å². The third-order valence-corrected chi connectivity index (χ3v) is 2.14. The number of ketones is 1. The normalized spacial score (nSPS) is 20.2. The molecule has 1 aliphatic heterocycles. The highest BCUT2D eigenvalue weighted by Gasteiger charge is 2.28. The molecule has 0 aromatic heterocycles. The summed E-state index contributed by atoms with van der Waals surface area (Å²) < 4.78 is 31.2. The van der Waals surface area contributed by atoms with Crippen LogP contribution in [0.15, 0.2) is 12.1 Å². The predicted molar refractivity (Wildman–Crippen MR) is 45.4 cm³/mol. The molecule has 0 N–H and O–H groups in total. The second-order valence-electron chi connectivity index (χ2n) is 3.29. The Labute approximate surface area is 79.5 Å². The van der Waals surface area contributed by atoms with Crippen molar-refractivity contribution < 1.29 is 18.3 Å². The van der Waals surface area contributed by atoms with Gasteiger partial charge in [-0.3, -0.25) is 4.79 Å². The van der Waals surface area contributed by atoms with Gasteiger partial charge < -0.3 is 4.74 Å². The predicted octanol–water partition coefficient (Wildman–Crippen LogP) is 2.32. The number of ether oxygens (including phenoxy) is 1. The van der Waals surface area contributed by atoms with Crippen LogP contribution in [-0.4, -0.2) is 11.9 Å². The molecular weight excluding hydrogens is 190 g/mol. The van der Waals surface area contributed by atoms with Crippen molar-refractivity contribution in [3.8, 4) is 5.75 Å². The molecule has 1 aromatic carbocycles. The number of carbonyl (C=O) groups excluding carboxylic acids is 1. The lowest BCUT2D eigenvalue weighted by molar-refractivity contribution is 0.0862. The first kappa shape index (κ1) is 9.12. The average molecular weight is 198 g/mol. The quantitative estimate of drug-likeness (QED) is 0.639. The summed E-state index contributed by atoms with van der Waals surface area (Å²) in [6, 6.07) is 2.24. The number of fused-ring (bicyclic) bond motifs is 1. The molecule has 14 heavy (non-hydrogen) atoms. The fraction of sp³-hybridized carbons (Fsp3) is 0.300. The Hall–Kier alpha value is -1.45. The van der Waals surface area contributed by atoms with Gasteiger partial charge in [0.05, 0.1) is 5.56 Å². The topological polar surface area (TPSA) is 26.3 Å². The maximum Gasteiger partial charge on any atom is 0.173 e. The monoisotopic (exact) mass is 198 g/mol. The highest BCUT2D eigenvalue weighted by Crippen LogP contribution is 2.30. The first-order valence-corrected chi connectivity index (χ1v) is 4.27. The van der Waals surface area contributed by atoms with E-state index < -0.39 is 17.4 Å². The Morgan fingerprint density at radius 3 is 2.86 bits per heavy atom. The van der Waals surface area contributed by atoms with Gasteiger partial charge >= 0.3 is 0 Å². The lowest BCUT2D eigenvalue weighted by Crippen LogP contribution is -2.25. The SMILES string of the molecule is CC1CC(=O)c2c(ccc(F)c2F)O1. The number of hydrogen-bond donors (Lipinski definition) is 0. The smallest absolute Gasteiger partial charge is 0.173 e. The van der Waals surface area contributed by atoms with Crippen LogP contribution in [0.2, 0.25) is 0 Å². The van der Waals surface area contributed by atoms with Gasteiger partial charge in [-0.2, -0.15) is 0 Å². The molecule has 1 unspecified atom stereocenters. The van der Waals surface area contributed by atoms with Crippen LogP contribution in [0.25, 0.3) is 0 Å². The van der Waals surface area contributed by atoms with Gasteiger partial charge in [0.25, 0.3) is 0 Å². The fourth-order valence-electron chi connectivity index (χ4n) is 1.51. The van der Waals surface area contributed by atoms with Gasteiger partial charge in [0.2, 0.25) is 0 Å². The summed E-state index contributed by atoms with van der Waals surface area (Å²) in [4.78, 5) is 11.4. The molecule has 1 aliphatic rings. The zero-order valence-electron chi connectivity index (χ0n) is 7.51. The standard InChI is InChI=1S/C10H8F2O2/c1-5-4-7(13)9-8(14-5)3-2-6(11)10(9)12/h2-3,5H,4H2,1H3. The first-order valence-electron chi connectivity index (χ1n) is 4.27. The summed E-state index contributed by atoms with van der Waals surface area (Å²) in [6.45, 7) is 1.71. The van der Waals surface area contributed by atoms with E-state index in [-0.39, 0.29) is 23.8 Å². The van der Waals surface area contributed by atoms with Crippen molar-refractivity contribution in [3.05, 3.63) is 29.3 Å². The molecule has 0 fully saturated rings. The highest BCUT2D eigenvalue weighted by molar-refractivity contribution is 6.00. The summed E-state index contributed by atoms with van der Waals surface area (Å²) in [6.07, 6.45) is -0.187. The molecule has 0 bridgehead atoms. The molecular formula is C10H8F2O2. The van der Waals surface area contributed by atoms with Crippen molar-refractivity contribution in [1.82, 2.24) is 0 Å². The first-order chi connectivity index (χ1) is 6.59. The van der Waals surface area contributed by atoms with E-state index in [1.807, 2.05) is 0 Å². The van der Waals surface area contributed by atoms with E-state index in [1.165, 1.54) is 6.07 Å². The van der Waals surface area contributed by atoms with Crippen LogP contribution in [0.3, 0.4) is 0 Å². The summed E-state index contributed by atoms with van der Waals surface area (Å²) in [5.41, 5.74) is -0.261. The van der Waals surface area contributed by atoms with Crippen LogP contribution in [0, 0.1) is 11.6 Å². The third-order valence-electron chi connectivity index (χ3n) is 2.14. The van der Waals surface area contributed by atoms with E-state index >= 15 is 0 Å². The largest absolute Gasteiger partial charge is 0.489 e. The minimum atomic E-state index is -1.11. The summed E-state index contributed by atoms with van der Waals surface area (Å²) in [7, 11) is 0. The van der Waals surface area contributed by atoms with Gasteiger partial charge in [-0.15, -0.1) is 0 Å². The molecule has 0 amide bonds. The lowest BCUT2D eigenvalue weighted by Gasteiger charge is -2.22. The van der Waals surface area contributed by atoms with Crippen LogP contribution in [0.4, 0.5) is 8.78 Å². The fourth-order valence-corrected chi connectivity index (χ4v) is 1.51. The summed E-state index contributed by atoms with van der Waals surface area (Å²) >= 11 is 0. The number of benzene rings is 1. The average Bonchev–Trinajstić information content (AvgIpc) is 2.10. The number of carbonyl (C=O) groups is 1. The van der Waals surface area contributed by atoms with Gasteiger partial charge in [0.1, 0.15) is 11.9 Å². The number of halogens is 2. The molecule has 1 heterocycles. The minimum Gasteiger partial charge on any atom is -0.489 e. The van der Waals surface area contributed by atoms with Crippen molar-refractivity contribution >= 4 is 5.78 Å². The Morgan fingerprint density at radius 2 is 2.14 bits per heavy atom. The molecule has 2 rings (SSSR count). The van der Waals surface area contributed by atoms with E-state index in [0.717, 1.165) is 6.07 Å². The minimum absolute atomic E-state index is 0.0906. The maximum absolute atomic E-state index is 13.2. The Kier molecular flexibility index (Phi) is 1.98. The number of hydrogen-bond acceptors (Lipinski definition) is 2. The van der Waals surface area contributed by atoms with Crippen molar-refractivity contribution in [2.24, 2.45) is 0 Å². The van der Waals surface area contributed by atoms with Crippen molar-refractivity contribution in [1.29, 1.82) is 0 Å². The molecule has 2 nitrogen and oxygen atoms in total. The van der Waals surface area contributed by atoms with Gasteiger partial charge in [0, 0.05) is 6.42 Å². The van der Waals surface area contributed by atoms with E-state index in [0.29, 0.717) is 0 Å². The number of Topliss-reactive ketones (excluding diaryl/α,β-unsaturated/α-hetero) is 1. The maximum atomic E-state index is 13.2. The van der Waals surface area contributed by atoms with Crippen LogP contribution < -0.4 is 4.74 Å². The van der Waals surface area contributed by atoms with Crippen molar-refractivity contribution in [3.63, 3.8) is 0 Å². The Bertz CT molecular complexity index is 401. The second kappa shape index (κ2) is 3.04. The molecule has 0 aliphatic carbocycles. The van der Waals surface area contributed by atoms with Gasteiger partial charge in [-0.05, 0) is 19.1 Å². The van der Waals surface area contributed by atoms with E-state index in [2.05, 4.69) is 0 Å². The molecule has 0 saturated carbocycles. The molecule has 4 heteroatoms. The Morgan fingerprint density at radius 1 is 1.43 bits per heavy atom. The molecule has 74 valence electrons. The van der Waals surface area contributed by atoms with Crippen LogP contribution in [0.1, 0.15) is 23.7 Å². The van der Waals surface area contributed by atoms with Gasteiger partial charge in [-0.25, -0.2) is 8.78 Å². The zero-order chi connectivity index (χ0) is 10.3. The van der Waals surface area contributed by atoms with Gasteiger partial charge in [0.15, 0.2) is 17.4 Å². The van der Waals surface area contributed by atoms with Gasteiger partial charge in [-0.1, -0.05) is 0 Å². The number of rotatable bonds is 0. The summed E-state index contributed by atoms with van der Waals surface area (Å²) in [5.74, 6) is -2.40. The lowest BCUT2D eigenvalue weighted by atomic mass is 10.0. The Balaban J connectivity index is 2.60. The second-order valence-corrected chi connectivity index (χ2v) is 3.29. The third kappa shape index (κ3) is 1.27. The van der Waals surface area contributed by atoms with E-state index in [9.17, 15) is 13.6 Å². The molecule has 1 atom stereocenters. The molecule has 0 saturated heterocycles. The summed E-state index contributed by atoms with van der Waals surface area (Å²) in [5, 5.41) is 0. The zero-order valence-corrected chi connectivity index (χ0v) is 7.51. The molecule has 0 radical (unpaired) electrons. The van der Waals surface area contributed by atoms with Crippen molar-refractivity contribution in [2.45, 2.75) is 19.4 Å². The van der Waals surface area contributed by atoms with Crippen LogP contribution in [-0.2, 0) is 0 Å². The molecule has 1 aromatic rings. The van der Waals surface area contributed by atoms with Crippen molar-refractivity contribution in [2.75, 3.05) is 0 Å².